The number of pyridine rings is 1. The molecular formula is C12H13BrN2. The van der Waals surface area contributed by atoms with Crippen LogP contribution < -0.4 is 5.32 Å². The van der Waals surface area contributed by atoms with Gasteiger partial charge in [0.1, 0.15) is 4.60 Å². The first-order valence-electron chi connectivity index (χ1n) is 5.31. The second kappa shape index (κ2) is 3.42. The fourth-order valence-corrected chi connectivity index (χ4v) is 2.62. The van der Waals surface area contributed by atoms with Crippen LogP contribution in [0.5, 0.6) is 0 Å². The van der Waals surface area contributed by atoms with E-state index in [4.69, 9.17) is 0 Å². The van der Waals surface area contributed by atoms with E-state index in [-0.39, 0.29) is 0 Å². The summed E-state index contributed by atoms with van der Waals surface area (Å²) in [5, 5.41) is 3.48. The molecule has 2 heterocycles. The zero-order valence-corrected chi connectivity index (χ0v) is 10.2. The van der Waals surface area contributed by atoms with Crippen molar-refractivity contribution in [2.24, 2.45) is 5.92 Å². The Labute approximate surface area is 97.9 Å². The van der Waals surface area contributed by atoms with Crippen molar-refractivity contribution in [2.45, 2.75) is 19.4 Å². The largest absolute Gasteiger partial charge is 0.309 e. The first-order valence-corrected chi connectivity index (χ1v) is 6.11. The standard InChI is InChI=1S/C12H13BrN2/c1-7-4-9(6-15-12(7)13)10-3-2-8-5-14-11(8)10/h3-4,6,8,11,14H,2,5H2,1H3/t8-,11+/m1/s1. The molecule has 1 aromatic heterocycles. The van der Waals surface area contributed by atoms with Gasteiger partial charge in [-0.05, 0) is 58.0 Å². The van der Waals surface area contributed by atoms with Crippen LogP contribution in [0, 0.1) is 12.8 Å². The zero-order valence-electron chi connectivity index (χ0n) is 8.63. The van der Waals surface area contributed by atoms with E-state index in [2.05, 4.69) is 45.3 Å². The lowest BCUT2D eigenvalue weighted by Crippen LogP contribution is -2.50. The van der Waals surface area contributed by atoms with E-state index in [0.29, 0.717) is 6.04 Å². The average Bonchev–Trinajstić information content (AvgIpc) is 2.46. The van der Waals surface area contributed by atoms with Crippen molar-refractivity contribution < 1.29 is 0 Å². The van der Waals surface area contributed by atoms with Crippen molar-refractivity contribution in [1.82, 2.24) is 10.3 Å². The first-order chi connectivity index (χ1) is 7.25. The number of hydrogen-bond donors (Lipinski definition) is 1. The van der Waals surface area contributed by atoms with Crippen LogP contribution in [0.4, 0.5) is 0 Å². The lowest BCUT2D eigenvalue weighted by Gasteiger charge is -2.34. The topological polar surface area (TPSA) is 24.9 Å². The minimum Gasteiger partial charge on any atom is -0.309 e. The maximum atomic E-state index is 4.35. The molecule has 1 aliphatic carbocycles. The number of nitrogens with one attached hydrogen (secondary N) is 1. The Morgan fingerprint density at radius 1 is 1.53 bits per heavy atom. The molecule has 0 unspecified atom stereocenters. The van der Waals surface area contributed by atoms with Gasteiger partial charge in [0.15, 0.2) is 0 Å². The molecule has 3 heteroatoms. The van der Waals surface area contributed by atoms with Gasteiger partial charge in [0, 0.05) is 18.8 Å². The molecule has 2 atom stereocenters. The van der Waals surface area contributed by atoms with Crippen LogP contribution in [0.15, 0.2) is 22.9 Å². The minimum absolute atomic E-state index is 0.590. The number of hydrogen-bond acceptors (Lipinski definition) is 2. The Bertz CT molecular complexity index is 439. The average molecular weight is 265 g/mol. The molecule has 1 aliphatic heterocycles. The molecule has 3 rings (SSSR count). The number of aryl methyl sites for hydroxylation is 1. The highest BCUT2D eigenvalue weighted by molar-refractivity contribution is 9.10. The molecule has 1 N–H and O–H groups in total. The lowest BCUT2D eigenvalue weighted by atomic mass is 9.89. The van der Waals surface area contributed by atoms with Crippen LogP contribution in [0.25, 0.3) is 5.57 Å². The maximum absolute atomic E-state index is 4.35. The van der Waals surface area contributed by atoms with Gasteiger partial charge in [-0.3, -0.25) is 0 Å². The van der Waals surface area contributed by atoms with Gasteiger partial charge in [0.05, 0.1) is 0 Å². The monoisotopic (exact) mass is 264 g/mol. The Balaban J connectivity index is 1.96. The Morgan fingerprint density at radius 2 is 2.40 bits per heavy atom. The van der Waals surface area contributed by atoms with Crippen LogP contribution in [-0.4, -0.2) is 17.6 Å². The molecule has 0 saturated carbocycles. The number of aromatic nitrogens is 1. The summed E-state index contributed by atoms with van der Waals surface area (Å²) < 4.78 is 0.947. The Morgan fingerprint density at radius 3 is 3.00 bits per heavy atom. The fraction of sp³-hybridized carbons (Fsp3) is 0.417. The molecular weight excluding hydrogens is 252 g/mol. The van der Waals surface area contributed by atoms with Crippen molar-refractivity contribution >= 4 is 21.5 Å². The predicted molar refractivity (Wildman–Crippen MR) is 64.5 cm³/mol. The number of fused-ring (bicyclic) bond motifs is 1. The summed E-state index contributed by atoms with van der Waals surface area (Å²) in [6, 6.07) is 2.80. The van der Waals surface area contributed by atoms with E-state index >= 15 is 0 Å². The third-order valence-corrected chi connectivity index (χ3v) is 4.22. The minimum atomic E-state index is 0.590. The summed E-state index contributed by atoms with van der Waals surface area (Å²) in [6.07, 6.45) is 5.55. The van der Waals surface area contributed by atoms with Gasteiger partial charge in [-0.15, -0.1) is 0 Å². The van der Waals surface area contributed by atoms with E-state index in [1.807, 2.05) is 6.20 Å². The fourth-order valence-electron chi connectivity index (χ4n) is 2.40. The van der Waals surface area contributed by atoms with Gasteiger partial charge >= 0.3 is 0 Å². The number of nitrogens with zero attached hydrogens (tertiary/aromatic N) is 1. The Hall–Kier alpha value is -0.670. The van der Waals surface area contributed by atoms with E-state index < -0.39 is 0 Å². The summed E-state index contributed by atoms with van der Waals surface area (Å²) in [5.74, 6) is 0.837. The molecule has 78 valence electrons. The number of halogens is 1. The van der Waals surface area contributed by atoms with Gasteiger partial charge in [0.2, 0.25) is 0 Å². The van der Waals surface area contributed by atoms with Crippen LogP contribution in [-0.2, 0) is 0 Å². The van der Waals surface area contributed by atoms with Crippen LogP contribution in [0.1, 0.15) is 17.5 Å². The Kier molecular flexibility index (Phi) is 2.18. The van der Waals surface area contributed by atoms with Crippen LogP contribution in [0.2, 0.25) is 0 Å². The van der Waals surface area contributed by atoms with E-state index in [0.717, 1.165) is 10.5 Å². The third kappa shape index (κ3) is 1.45. The van der Waals surface area contributed by atoms with Crippen LogP contribution in [0.3, 0.4) is 0 Å². The predicted octanol–water partition coefficient (Wildman–Crippen LogP) is 2.53. The highest BCUT2D eigenvalue weighted by Crippen LogP contribution is 2.37. The van der Waals surface area contributed by atoms with Crippen LogP contribution >= 0.6 is 15.9 Å². The van der Waals surface area contributed by atoms with E-state index in [9.17, 15) is 0 Å². The zero-order chi connectivity index (χ0) is 10.4. The summed E-state index contributed by atoms with van der Waals surface area (Å²) in [5.41, 5.74) is 3.92. The molecule has 15 heavy (non-hydrogen) atoms. The first kappa shape index (κ1) is 9.55. The maximum Gasteiger partial charge on any atom is 0.109 e. The van der Waals surface area contributed by atoms with Crippen molar-refractivity contribution in [1.29, 1.82) is 0 Å². The summed E-state index contributed by atoms with van der Waals surface area (Å²) in [6.45, 7) is 3.26. The van der Waals surface area contributed by atoms with Gasteiger partial charge in [-0.1, -0.05) is 6.08 Å². The van der Waals surface area contributed by atoms with E-state index in [1.54, 1.807) is 0 Å². The molecule has 0 spiro atoms. The SMILES string of the molecule is Cc1cc(C2=CC[C@@H]3CN[C@H]23)cnc1Br. The molecule has 0 aromatic carbocycles. The summed E-state index contributed by atoms with van der Waals surface area (Å²) in [7, 11) is 0. The molecule has 1 aromatic rings. The van der Waals surface area contributed by atoms with Crippen molar-refractivity contribution in [3.05, 3.63) is 34.1 Å². The van der Waals surface area contributed by atoms with Crippen molar-refractivity contribution in [3.63, 3.8) is 0 Å². The molecule has 0 amide bonds. The number of allylic oxidation sites excluding steroid dienone is 1. The summed E-state index contributed by atoms with van der Waals surface area (Å²) >= 11 is 3.43. The summed E-state index contributed by atoms with van der Waals surface area (Å²) in [4.78, 5) is 4.35. The molecule has 2 nitrogen and oxygen atoms in total. The van der Waals surface area contributed by atoms with Crippen molar-refractivity contribution in [2.75, 3.05) is 6.54 Å². The lowest BCUT2D eigenvalue weighted by molar-refractivity contribution is 0.307. The molecule has 0 bridgehead atoms. The van der Waals surface area contributed by atoms with E-state index in [1.165, 1.54) is 29.7 Å². The smallest absolute Gasteiger partial charge is 0.109 e. The second-order valence-corrected chi connectivity index (χ2v) is 5.12. The van der Waals surface area contributed by atoms with Gasteiger partial charge in [-0.25, -0.2) is 4.98 Å². The normalized spacial score (nSPS) is 28.3. The molecule has 0 radical (unpaired) electrons. The van der Waals surface area contributed by atoms with Gasteiger partial charge in [-0.2, -0.15) is 0 Å². The molecule has 1 fully saturated rings. The highest BCUT2D eigenvalue weighted by atomic mass is 79.9. The third-order valence-electron chi connectivity index (χ3n) is 3.39. The van der Waals surface area contributed by atoms with Gasteiger partial charge < -0.3 is 5.32 Å². The second-order valence-electron chi connectivity index (χ2n) is 4.37. The molecule has 1 saturated heterocycles. The van der Waals surface area contributed by atoms with Crippen molar-refractivity contribution in [3.8, 4) is 0 Å². The highest BCUT2D eigenvalue weighted by Gasteiger charge is 2.37. The molecule has 2 aliphatic rings. The number of rotatable bonds is 1. The quantitative estimate of drug-likeness (QED) is 0.789. The van der Waals surface area contributed by atoms with Gasteiger partial charge in [0.25, 0.3) is 0 Å².